The van der Waals surface area contributed by atoms with Crippen molar-refractivity contribution in [2.24, 2.45) is 7.05 Å². The van der Waals surface area contributed by atoms with Crippen molar-refractivity contribution < 1.29 is 22.3 Å². The van der Waals surface area contributed by atoms with E-state index in [4.69, 9.17) is 16.3 Å². The molecule has 1 aromatic carbocycles. The molecule has 10 nitrogen and oxygen atoms in total. The molecular formula is C17H18ClFN6O4S. The average Bonchev–Trinajstić information content (AvgIpc) is 3.36. The number of halogens is 2. The quantitative estimate of drug-likeness (QED) is 0.494. The first-order valence-electron chi connectivity index (χ1n) is 8.52. The summed E-state index contributed by atoms with van der Waals surface area (Å²) in [7, 11) is -0.869. The van der Waals surface area contributed by atoms with Crippen LogP contribution in [0, 0.1) is 5.82 Å². The first-order valence-corrected chi connectivity index (χ1v) is 10.4. The Morgan fingerprint density at radius 1 is 1.33 bits per heavy atom. The van der Waals surface area contributed by atoms with Crippen LogP contribution in [-0.2, 0) is 28.4 Å². The smallest absolute Gasteiger partial charge is 0.269 e. The van der Waals surface area contributed by atoms with Gasteiger partial charge in [0.25, 0.3) is 15.9 Å². The second-order valence-electron chi connectivity index (χ2n) is 6.24. The number of imidazole rings is 1. The summed E-state index contributed by atoms with van der Waals surface area (Å²) in [5.74, 6) is -2.01. The van der Waals surface area contributed by atoms with Crippen LogP contribution in [0.5, 0.6) is 0 Å². The summed E-state index contributed by atoms with van der Waals surface area (Å²) in [4.78, 5) is 18.3. The number of aromatic nitrogens is 4. The fourth-order valence-corrected chi connectivity index (χ4v) is 3.50. The lowest BCUT2D eigenvalue weighted by atomic mass is 10.1. The number of benzene rings is 1. The van der Waals surface area contributed by atoms with E-state index < -0.39 is 27.3 Å². The molecule has 0 unspecified atom stereocenters. The molecule has 0 bridgehead atoms. The van der Waals surface area contributed by atoms with Crippen LogP contribution >= 0.6 is 11.6 Å². The topological polar surface area (TPSA) is 120 Å². The van der Waals surface area contributed by atoms with Gasteiger partial charge in [-0.1, -0.05) is 11.6 Å². The van der Waals surface area contributed by atoms with Crippen LogP contribution in [-0.4, -0.2) is 47.4 Å². The number of hydrogen-bond acceptors (Lipinski definition) is 6. The molecule has 1 amide bonds. The number of carbonyl (C=O) groups is 1. The van der Waals surface area contributed by atoms with E-state index in [0.717, 1.165) is 6.20 Å². The second kappa shape index (κ2) is 8.92. The number of sulfonamides is 1. The minimum absolute atomic E-state index is 0.181. The van der Waals surface area contributed by atoms with Crippen LogP contribution in [0.15, 0.2) is 41.9 Å². The van der Waals surface area contributed by atoms with Gasteiger partial charge < -0.3 is 9.30 Å². The van der Waals surface area contributed by atoms with Crippen molar-refractivity contribution in [3.8, 4) is 11.3 Å². The Morgan fingerprint density at radius 3 is 2.77 bits per heavy atom. The van der Waals surface area contributed by atoms with Gasteiger partial charge in [-0.25, -0.2) is 17.8 Å². The summed E-state index contributed by atoms with van der Waals surface area (Å²) in [5.41, 5.74) is 2.40. The van der Waals surface area contributed by atoms with E-state index in [-0.39, 0.29) is 9.92 Å². The minimum Gasteiger partial charge on any atom is -0.383 e. The number of hydrazine groups is 1. The average molecular weight is 457 g/mol. The maximum Gasteiger partial charge on any atom is 0.269 e. The normalized spacial score (nSPS) is 11.6. The van der Waals surface area contributed by atoms with Gasteiger partial charge >= 0.3 is 0 Å². The molecule has 3 rings (SSSR count). The zero-order valence-corrected chi connectivity index (χ0v) is 17.5. The molecule has 2 heterocycles. The van der Waals surface area contributed by atoms with Gasteiger partial charge in [-0.05, 0) is 12.1 Å². The van der Waals surface area contributed by atoms with Gasteiger partial charge in [-0.2, -0.15) is 5.10 Å². The van der Waals surface area contributed by atoms with Crippen LogP contribution in [0.4, 0.5) is 4.39 Å². The van der Waals surface area contributed by atoms with Crippen molar-refractivity contribution in [1.82, 2.24) is 29.6 Å². The lowest BCUT2D eigenvalue weighted by Crippen LogP contribution is -2.41. The third kappa shape index (κ3) is 4.84. The van der Waals surface area contributed by atoms with Crippen molar-refractivity contribution in [2.75, 3.05) is 13.7 Å². The van der Waals surface area contributed by atoms with Gasteiger partial charge in [0.2, 0.25) is 0 Å². The van der Waals surface area contributed by atoms with E-state index in [0.29, 0.717) is 24.4 Å². The molecule has 0 fully saturated rings. The van der Waals surface area contributed by atoms with Gasteiger partial charge in [-0.15, -0.1) is 4.83 Å². The highest BCUT2D eigenvalue weighted by Gasteiger charge is 2.21. The Hall–Kier alpha value is -2.80. The predicted molar refractivity (Wildman–Crippen MR) is 106 cm³/mol. The van der Waals surface area contributed by atoms with E-state index in [2.05, 4.69) is 10.1 Å². The standard InChI is InChI=1S/C17H18ClFN6O4S/c1-24-9-15(20-10-24)11-5-13(16(19)14(18)6-11)17(26)22-23-30(27,28)12-7-21-25(8-12)3-4-29-2/h5-10,23H,3-4H2,1-2H3,(H,22,26). The highest BCUT2D eigenvalue weighted by atomic mass is 35.5. The number of carbonyl (C=O) groups excluding carboxylic acids is 1. The van der Waals surface area contributed by atoms with Crippen molar-refractivity contribution in [2.45, 2.75) is 11.4 Å². The molecule has 0 radical (unpaired) electrons. The van der Waals surface area contributed by atoms with E-state index in [9.17, 15) is 17.6 Å². The molecule has 2 aromatic heterocycles. The van der Waals surface area contributed by atoms with E-state index in [1.54, 1.807) is 17.8 Å². The zero-order valence-electron chi connectivity index (χ0n) is 16.0. The highest BCUT2D eigenvalue weighted by molar-refractivity contribution is 7.89. The summed E-state index contributed by atoms with van der Waals surface area (Å²) < 4.78 is 47.0. The number of aryl methyl sites for hydroxylation is 1. The Balaban J connectivity index is 1.77. The number of nitrogens with one attached hydrogen (secondary N) is 2. The number of nitrogens with zero attached hydrogens (tertiary/aromatic N) is 4. The Bertz CT molecular complexity index is 1180. The summed E-state index contributed by atoms with van der Waals surface area (Å²) in [6, 6.07) is 2.56. The summed E-state index contributed by atoms with van der Waals surface area (Å²) in [5, 5.41) is 3.60. The zero-order chi connectivity index (χ0) is 21.9. The highest BCUT2D eigenvalue weighted by Crippen LogP contribution is 2.27. The number of rotatable bonds is 8. The summed E-state index contributed by atoms with van der Waals surface area (Å²) >= 11 is 5.90. The molecule has 2 N–H and O–H groups in total. The molecule has 3 aromatic rings. The van der Waals surface area contributed by atoms with Crippen molar-refractivity contribution in [1.29, 1.82) is 0 Å². The van der Waals surface area contributed by atoms with E-state index in [1.807, 2.05) is 10.3 Å². The Morgan fingerprint density at radius 2 is 2.10 bits per heavy atom. The molecule has 0 aliphatic heterocycles. The third-order valence-corrected chi connectivity index (χ3v) is 5.49. The maximum atomic E-state index is 14.4. The van der Waals surface area contributed by atoms with Gasteiger partial charge in [0, 0.05) is 32.1 Å². The second-order valence-corrected chi connectivity index (χ2v) is 8.33. The maximum absolute atomic E-state index is 14.4. The molecule has 0 saturated carbocycles. The van der Waals surface area contributed by atoms with Crippen molar-refractivity contribution >= 4 is 27.5 Å². The predicted octanol–water partition coefficient (Wildman–Crippen LogP) is 1.35. The van der Waals surface area contributed by atoms with Crippen molar-refractivity contribution in [3.05, 3.63) is 53.5 Å². The van der Waals surface area contributed by atoms with Crippen LogP contribution in [0.25, 0.3) is 11.3 Å². The van der Waals surface area contributed by atoms with E-state index in [1.165, 1.54) is 36.4 Å². The van der Waals surface area contributed by atoms with Crippen LogP contribution in [0.3, 0.4) is 0 Å². The largest absolute Gasteiger partial charge is 0.383 e. The number of hydrogen-bond donors (Lipinski definition) is 2. The first kappa shape index (κ1) is 21.9. The molecule has 0 aliphatic rings. The van der Waals surface area contributed by atoms with Crippen LogP contribution in [0.2, 0.25) is 5.02 Å². The molecule has 13 heteroatoms. The number of ether oxygens (including phenoxy) is 1. The van der Waals surface area contributed by atoms with Crippen LogP contribution in [0.1, 0.15) is 10.4 Å². The molecule has 160 valence electrons. The number of methoxy groups -OCH3 is 1. The van der Waals surface area contributed by atoms with Gasteiger partial charge in [0.1, 0.15) is 4.90 Å². The SMILES string of the molecule is COCCn1cc(S(=O)(=O)NNC(=O)c2cc(-c3cn(C)cn3)cc(Cl)c2F)cn1. The molecule has 0 spiro atoms. The molecule has 30 heavy (non-hydrogen) atoms. The van der Waals surface area contributed by atoms with Gasteiger partial charge in [-0.3, -0.25) is 14.9 Å². The third-order valence-electron chi connectivity index (χ3n) is 4.02. The first-order chi connectivity index (χ1) is 14.2. The molecular weight excluding hydrogens is 439 g/mol. The van der Waals surface area contributed by atoms with Gasteiger partial charge in [0.05, 0.1) is 42.0 Å². The monoisotopic (exact) mass is 456 g/mol. The lowest BCUT2D eigenvalue weighted by molar-refractivity contribution is 0.0941. The minimum atomic E-state index is -4.13. The molecule has 0 aliphatic carbocycles. The molecule has 0 saturated heterocycles. The van der Waals surface area contributed by atoms with Gasteiger partial charge in [0.15, 0.2) is 5.82 Å². The number of amides is 1. The lowest BCUT2D eigenvalue weighted by Gasteiger charge is -2.10. The molecule has 0 atom stereocenters. The van der Waals surface area contributed by atoms with Crippen LogP contribution < -0.4 is 10.3 Å². The van der Waals surface area contributed by atoms with Crippen molar-refractivity contribution in [3.63, 3.8) is 0 Å². The fourth-order valence-electron chi connectivity index (χ4n) is 2.49. The van der Waals surface area contributed by atoms with E-state index >= 15 is 0 Å². The summed E-state index contributed by atoms with van der Waals surface area (Å²) in [6.45, 7) is 0.695. The Labute approximate surface area is 176 Å². The summed E-state index contributed by atoms with van der Waals surface area (Å²) in [6.07, 6.45) is 5.58. The fraction of sp³-hybridized carbons (Fsp3) is 0.235. The Kier molecular flexibility index (Phi) is 6.51.